The van der Waals surface area contributed by atoms with Crippen LogP contribution < -0.4 is 27.1 Å². The SMILES string of the molecule is Cc1cc(C)cc(OCCCN=C(N)NNC(=N)N)c1.Cl. The van der Waals surface area contributed by atoms with Crippen LogP contribution in [0.4, 0.5) is 0 Å². The molecule has 0 bridgehead atoms. The standard InChI is InChI=1S/C13H22N6O.ClH/c1-9-6-10(2)8-11(7-9)20-5-3-4-17-13(16)19-18-12(14)15;/h6-8H,3-5H2,1-2H3,(H4,14,15,18)(H3,16,17,19);1H. The van der Waals surface area contributed by atoms with Gasteiger partial charge in [-0.3, -0.25) is 21.3 Å². The van der Waals surface area contributed by atoms with Crippen molar-refractivity contribution in [1.82, 2.24) is 10.9 Å². The first kappa shape index (κ1) is 18.9. The van der Waals surface area contributed by atoms with E-state index in [1.165, 1.54) is 11.1 Å². The molecule has 8 heteroatoms. The average Bonchev–Trinajstić information content (AvgIpc) is 2.34. The minimum atomic E-state index is -0.221. The Balaban J connectivity index is 0.00000400. The molecule has 21 heavy (non-hydrogen) atoms. The first-order valence-electron chi connectivity index (χ1n) is 6.34. The highest BCUT2D eigenvalue weighted by Gasteiger charge is 1.97. The molecule has 1 aromatic rings. The van der Waals surface area contributed by atoms with E-state index < -0.39 is 0 Å². The zero-order valence-electron chi connectivity index (χ0n) is 12.3. The van der Waals surface area contributed by atoms with Gasteiger partial charge in [0.25, 0.3) is 0 Å². The van der Waals surface area contributed by atoms with E-state index in [4.69, 9.17) is 21.6 Å². The van der Waals surface area contributed by atoms with Crippen molar-refractivity contribution in [2.45, 2.75) is 20.3 Å². The molecular formula is C13H23ClN6O. The number of nitrogens with two attached hydrogens (primary N) is 2. The van der Waals surface area contributed by atoms with E-state index in [-0.39, 0.29) is 24.3 Å². The number of nitrogens with zero attached hydrogens (tertiary/aromatic N) is 1. The van der Waals surface area contributed by atoms with E-state index in [1.807, 2.05) is 26.0 Å². The van der Waals surface area contributed by atoms with Crippen LogP contribution in [0.1, 0.15) is 17.5 Å². The number of hydrogen-bond donors (Lipinski definition) is 5. The fourth-order valence-corrected chi connectivity index (χ4v) is 1.64. The van der Waals surface area contributed by atoms with Gasteiger partial charge in [-0.1, -0.05) is 6.07 Å². The van der Waals surface area contributed by atoms with Crippen LogP contribution in [0.25, 0.3) is 0 Å². The van der Waals surface area contributed by atoms with Gasteiger partial charge in [-0.25, -0.2) is 0 Å². The number of guanidine groups is 2. The van der Waals surface area contributed by atoms with Gasteiger partial charge in [0.1, 0.15) is 5.75 Å². The molecular weight excluding hydrogens is 292 g/mol. The molecule has 0 fully saturated rings. The van der Waals surface area contributed by atoms with Gasteiger partial charge in [-0.05, 0) is 37.1 Å². The molecule has 7 nitrogen and oxygen atoms in total. The fraction of sp³-hybridized carbons (Fsp3) is 0.385. The Morgan fingerprint density at radius 1 is 1.19 bits per heavy atom. The van der Waals surface area contributed by atoms with Gasteiger partial charge in [0, 0.05) is 13.0 Å². The summed E-state index contributed by atoms with van der Waals surface area (Å²) in [6.45, 7) is 5.18. The van der Waals surface area contributed by atoms with Gasteiger partial charge in [0.2, 0.25) is 11.9 Å². The monoisotopic (exact) mass is 314 g/mol. The zero-order chi connectivity index (χ0) is 15.0. The van der Waals surface area contributed by atoms with Crippen LogP contribution in [0.5, 0.6) is 5.75 Å². The summed E-state index contributed by atoms with van der Waals surface area (Å²) in [6, 6.07) is 6.11. The van der Waals surface area contributed by atoms with E-state index in [2.05, 4.69) is 21.9 Å². The Morgan fingerprint density at radius 2 is 1.81 bits per heavy atom. The third kappa shape index (κ3) is 8.59. The summed E-state index contributed by atoms with van der Waals surface area (Å²) in [5, 5.41) is 6.93. The average molecular weight is 315 g/mol. The van der Waals surface area contributed by atoms with Gasteiger partial charge in [-0.15, -0.1) is 12.4 Å². The van der Waals surface area contributed by atoms with E-state index in [9.17, 15) is 0 Å². The van der Waals surface area contributed by atoms with E-state index in [0.29, 0.717) is 13.2 Å². The number of benzene rings is 1. The Bertz CT molecular complexity index is 471. The first-order valence-corrected chi connectivity index (χ1v) is 6.34. The summed E-state index contributed by atoms with van der Waals surface area (Å²) in [7, 11) is 0. The molecule has 1 aromatic carbocycles. The molecule has 7 N–H and O–H groups in total. The van der Waals surface area contributed by atoms with Crippen molar-refractivity contribution >= 4 is 24.3 Å². The molecule has 0 aliphatic heterocycles. The van der Waals surface area contributed by atoms with Crippen molar-refractivity contribution in [2.75, 3.05) is 13.2 Å². The van der Waals surface area contributed by atoms with Crippen molar-refractivity contribution in [2.24, 2.45) is 16.5 Å². The first-order chi connectivity index (χ1) is 9.47. The predicted octanol–water partition coefficient (Wildman–Crippen LogP) is 0.797. The molecule has 0 spiro atoms. The molecule has 1 rings (SSSR count). The Morgan fingerprint density at radius 3 is 2.38 bits per heavy atom. The smallest absolute Gasteiger partial charge is 0.207 e. The molecule has 118 valence electrons. The van der Waals surface area contributed by atoms with Crippen molar-refractivity contribution in [1.29, 1.82) is 5.41 Å². The molecule has 0 atom stereocenters. The number of hydrazine groups is 1. The molecule has 0 saturated carbocycles. The molecule has 0 heterocycles. The largest absolute Gasteiger partial charge is 0.494 e. The van der Waals surface area contributed by atoms with Crippen LogP contribution in [-0.2, 0) is 0 Å². The van der Waals surface area contributed by atoms with Gasteiger partial charge >= 0.3 is 0 Å². The van der Waals surface area contributed by atoms with E-state index in [1.54, 1.807) is 0 Å². The topological polar surface area (TPSA) is 122 Å². The minimum Gasteiger partial charge on any atom is -0.494 e. The van der Waals surface area contributed by atoms with Crippen molar-refractivity contribution in [3.8, 4) is 5.75 Å². The summed E-state index contributed by atoms with van der Waals surface area (Å²) in [4.78, 5) is 4.05. The molecule has 0 saturated heterocycles. The fourth-order valence-electron chi connectivity index (χ4n) is 1.64. The Kier molecular flexibility index (Phi) is 8.71. The number of rotatable bonds is 5. The number of aryl methyl sites for hydroxylation is 2. The lowest BCUT2D eigenvalue weighted by Crippen LogP contribution is -2.48. The highest BCUT2D eigenvalue weighted by atomic mass is 35.5. The number of aliphatic imine (C=N–C) groups is 1. The highest BCUT2D eigenvalue weighted by Crippen LogP contribution is 2.16. The van der Waals surface area contributed by atoms with E-state index in [0.717, 1.165) is 12.2 Å². The van der Waals surface area contributed by atoms with E-state index >= 15 is 0 Å². The lowest BCUT2D eigenvalue weighted by atomic mass is 10.1. The zero-order valence-corrected chi connectivity index (χ0v) is 13.1. The third-order valence-electron chi connectivity index (χ3n) is 2.37. The van der Waals surface area contributed by atoms with Crippen LogP contribution in [0.15, 0.2) is 23.2 Å². The van der Waals surface area contributed by atoms with Crippen LogP contribution in [0.3, 0.4) is 0 Å². The van der Waals surface area contributed by atoms with Crippen molar-refractivity contribution in [3.05, 3.63) is 29.3 Å². The summed E-state index contributed by atoms with van der Waals surface area (Å²) in [6.07, 6.45) is 0.745. The maximum atomic E-state index is 6.93. The van der Waals surface area contributed by atoms with Crippen molar-refractivity contribution in [3.63, 3.8) is 0 Å². The normalized spacial score (nSPS) is 10.5. The van der Waals surface area contributed by atoms with Crippen LogP contribution in [0, 0.1) is 19.3 Å². The van der Waals surface area contributed by atoms with Crippen LogP contribution in [-0.4, -0.2) is 25.1 Å². The second-order valence-electron chi connectivity index (χ2n) is 4.46. The van der Waals surface area contributed by atoms with Gasteiger partial charge in [0.05, 0.1) is 6.61 Å². The maximum Gasteiger partial charge on any atom is 0.207 e. The highest BCUT2D eigenvalue weighted by molar-refractivity contribution is 5.85. The van der Waals surface area contributed by atoms with Gasteiger partial charge in [0.15, 0.2) is 0 Å². The van der Waals surface area contributed by atoms with Crippen molar-refractivity contribution < 1.29 is 4.74 Å². The Labute approximate surface area is 131 Å². The lowest BCUT2D eigenvalue weighted by molar-refractivity contribution is 0.313. The third-order valence-corrected chi connectivity index (χ3v) is 2.37. The van der Waals surface area contributed by atoms with Gasteiger partial charge < -0.3 is 16.2 Å². The maximum absolute atomic E-state index is 6.93. The molecule has 0 aromatic heterocycles. The number of ether oxygens (including phenoxy) is 1. The predicted molar refractivity (Wildman–Crippen MR) is 88.0 cm³/mol. The Hall–Kier alpha value is -2.15. The van der Waals surface area contributed by atoms with Crippen LogP contribution in [0.2, 0.25) is 0 Å². The summed E-state index contributed by atoms with van der Waals surface area (Å²) >= 11 is 0. The second kappa shape index (κ2) is 9.71. The number of halogens is 1. The molecule has 0 aliphatic carbocycles. The molecule has 0 radical (unpaired) electrons. The summed E-state index contributed by atoms with van der Waals surface area (Å²) in [5.41, 5.74) is 17.8. The lowest BCUT2D eigenvalue weighted by Gasteiger charge is -2.08. The summed E-state index contributed by atoms with van der Waals surface area (Å²) < 4.78 is 5.65. The van der Waals surface area contributed by atoms with Gasteiger partial charge in [-0.2, -0.15) is 0 Å². The van der Waals surface area contributed by atoms with Crippen LogP contribution >= 0.6 is 12.4 Å². The second-order valence-corrected chi connectivity index (χ2v) is 4.46. The number of nitrogens with one attached hydrogen (secondary N) is 3. The molecule has 0 amide bonds. The molecule has 0 unspecified atom stereocenters. The summed E-state index contributed by atoms with van der Waals surface area (Å²) in [5.74, 6) is 0.837. The quantitative estimate of drug-likeness (QED) is 0.238. The minimum absolute atomic E-state index is 0. The molecule has 0 aliphatic rings. The number of hydrogen-bond acceptors (Lipinski definition) is 3.